The Morgan fingerprint density at radius 1 is 1.53 bits per heavy atom. The van der Waals surface area contributed by atoms with Gasteiger partial charge in [0.05, 0.1) is 17.6 Å². The van der Waals surface area contributed by atoms with Crippen molar-refractivity contribution in [3.63, 3.8) is 0 Å². The topological polar surface area (TPSA) is 75.8 Å². The lowest BCUT2D eigenvalue weighted by Crippen LogP contribution is -2.23. The maximum atomic E-state index is 11.1. The highest BCUT2D eigenvalue weighted by molar-refractivity contribution is 5.64. The molecule has 19 heavy (non-hydrogen) atoms. The summed E-state index contributed by atoms with van der Waals surface area (Å²) in [5.74, 6) is 0. The number of hydrogen-bond donors (Lipinski definition) is 1. The van der Waals surface area contributed by atoms with Crippen LogP contribution in [-0.2, 0) is 4.74 Å². The molecule has 0 aliphatic rings. The standard InChI is InChI=1S/C13H20N2O4/c1-4-19-8-7-14(3)12-6-5-11(10(2)16)9-13(12)15(17)18/h5-6,9-10,16H,4,7-8H2,1-3H3. The molecule has 0 saturated heterocycles. The van der Waals surface area contributed by atoms with Gasteiger partial charge in [-0.2, -0.15) is 0 Å². The predicted molar refractivity (Wildman–Crippen MR) is 73.5 cm³/mol. The summed E-state index contributed by atoms with van der Waals surface area (Å²) < 4.78 is 5.24. The van der Waals surface area contributed by atoms with Gasteiger partial charge in [0.1, 0.15) is 5.69 Å². The molecule has 0 fully saturated rings. The van der Waals surface area contributed by atoms with Crippen LogP contribution in [0.2, 0.25) is 0 Å². The van der Waals surface area contributed by atoms with Crippen molar-refractivity contribution in [2.45, 2.75) is 20.0 Å². The average molecular weight is 268 g/mol. The van der Waals surface area contributed by atoms with E-state index in [1.54, 1.807) is 31.0 Å². The van der Waals surface area contributed by atoms with Gasteiger partial charge in [0.2, 0.25) is 0 Å². The van der Waals surface area contributed by atoms with Crippen molar-refractivity contribution in [1.29, 1.82) is 0 Å². The van der Waals surface area contributed by atoms with Gasteiger partial charge in [-0.05, 0) is 25.5 Å². The minimum Gasteiger partial charge on any atom is -0.389 e. The van der Waals surface area contributed by atoms with Crippen LogP contribution in [-0.4, -0.2) is 36.8 Å². The van der Waals surface area contributed by atoms with E-state index < -0.39 is 11.0 Å². The van der Waals surface area contributed by atoms with Crippen LogP contribution in [0, 0.1) is 10.1 Å². The molecule has 0 heterocycles. The molecule has 1 rings (SSSR count). The second kappa shape index (κ2) is 7.06. The van der Waals surface area contributed by atoms with Gasteiger partial charge in [-0.3, -0.25) is 10.1 Å². The maximum Gasteiger partial charge on any atom is 0.292 e. The van der Waals surface area contributed by atoms with Gasteiger partial charge in [-0.25, -0.2) is 0 Å². The number of anilines is 1. The molecule has 0 bridgehead atoms. The van der Waals surface area contributed by atoms with Gasteiger partial charge < -0.3 is 14.7 Å². The van der Waals surface area contributed by atoms with Crippen molar-refractivity contribution >= 4 is 11.4 Å². The number of nitrogens with zero attached hydrogens (tertiary/aromatic N) is 2. The molecule has 0 saturated carbocycles. The minimum absolute atomic E-state index is 0.00241. The van der Waals surface area contributed by atoms with Gasteiger partial charge >= 0.3 is 0 Å². The van der Waals surface area contributed by atoms with E-state index in [0.29, 0.717) is 31.0 Å². The number of hydrogen-bond acceptors (Lipinski definition) is 5. The fraction of sp³-hybridized carbons (Fsp3) is 0.538. The number of nitro benzene ring substituents is 1. The average Bonchev–Trinajstić information content (AvgIpc) is 2.38. The van der Waals surface area contributed by atoms with E-state index >= 15 is 0 Å². The van der Waals surface area contributed by atoms with Gasteiger partial charge in [0.25, 0.3) is 5.69 Å². The summed E-state index contributed by atoms with van der Waals surface area (Å²) in [6, 6.07) is 4.77. The van der Waals surface area contributed by atoms with Crippen molar-refractivity contribution in [2.24, 2.45) is 0 Å². The Morgan fingerprint density at radius 2 is 2.21 bits per heavy atom. The lowest BCUT2D eigenvalue weighted by atomic mass is 10.1. The third-order valence-corrected chi connectivity index (χ3v) is 2.86. The molecule has 0 aliphatic carbocycles. The first-order valence-corrected chi connectivity index (χ1v) is 6.22. The normalized spacial score (nSPS) is 12.2. The van der Waals surface area contributed by atoms with Crippen LogP contribution in [0.15, 0.2) is 18.2 Å². The SMILES string of the molecule is CCOCCN(C)c1ccc(C(C)O)cc1[N+](=O)[O-]. The van der Waals surface area contributed by atoms with Gasteiger partial charge in [0, 0.05) is 26.3 Å². The van der Waals surface area contributed by atoms with Gasteiger partial charge in [0.15, 0.2) is 0 Å². The molecule has 106 valence electrons. The first-order valence-electron chi connectivity index (χ1n) is 6.22. The van der Waals surface area contributed by atoms with E-state index in [0.717, 1.165) is 0 Å². The van der Waals surface area contributed by atoms with E-state index in [1.807, 2.05) is 6.92 Å². The van der Waals surface area contributed by atoms with Crippen LogP contribution in [0.4, 0.5) is 11.4 Å². The lowest BCUT2D eigenvalue weighted by molar-refractivity contribution is -0.384. The molecular formula is C13H20N2O4. The first kappa shape index (κ1) is 15.4. The zero-order valence-electron chi connectivity index (χ0n) is 11.5. The zero-order valence-corrected chi connectivity index (χ0v) is 11.5. The highest BCUT2D eigenvalue weighted by Gasteiger charge is 2.18. The van der Waals surface area contributed by atoms with E-state index in [9.17, 15) is 15.2 Å². The summed E-state index contributed by atoms with van der Waals surface area (Å²) in [6.07, 6.45) is -0.721. The fourth-order valence-corrected chi connectivity index (χ4v) is 1.74. The minimum atomic E-state index is -0.721. The van der Waals surface area contributed by atoms with E-state index in [2.05, 4.69) is 0 Å². The number of ether oxygens (including phenoxy) is 1. The molecule has 0 amide bonds. The monoisotopic (exact) mass is 268 g/mol. The van der Waals surface area contributed by atoms with Gasteiger partial charge in [-0.15, -0.1) is 0 Å². The quantitative estimate of drug-likeness (QED) is 0.465. The van der Waals surface area contributed by atoms with Crippen LogP contribution in [0.25, 0.3) is 0 Å². The summed E-state index contributed by atoms with van der Waals surface area (Å²) in [6.45, 7) is 5.19. The van der Waals surface area contributed by atoms with Crippen molar-refractivity contribution in [3.05, 3.63) is 33.9 Å². The summed E-state index contributed by atoms with van der Waals surface area (Å²) in [4.78, 5) is 12.4. The molecule has 6 nitrogen and oxygen atoms in total. The van der Waals surface area contributed by atoms with E-state index in [-0.39, 0.29) is 5.69 Å². The maximum absolute atomic E-state index is 11.1. The van der Waals surface area contributed by atoms with Crippen molar-refractivity contribution in [1.82, 2.24) is 0 Å². The highest BCUT2D eigenvalue weighted by atomic mass is 16.6. The summed E-state index contributed by atoms with van der Waals surface area (Å²) >= 11 is 0. The predicted octanol–water partition coefficient (Wildman–Crippen LogP) is 2.12. The number of likely N-dealkylation sites (N-methyl/N-ethyl adjacent to an activating group) is 1. The molecule has 0 aromatic heterocycles. The molecule has 0 aliphatic heterocycles. The highest BCUT2D eigenvalue weighted by Crippen LogP contribution is 2.30. The molecule has 1 aromatic rings. The smallest absolute Gasteiger partial charge is 0.292 e. The third-order valence-electron chi connectivity index (χ3n) is 2.86. The molecule has 1 N–H and O–H groups in total. The summed E-state index contributed by atoms with van der Waals surface area (Å²) in [5.41, 5.74) is 1.06. The largest absolute Gasteiger partial charge is 0.389 e. The van der Waals surface area contributed by atoms with Gasteiger partial charge in [-0.1, -0.05) is 6.07 Å². The Balaban J connectivity index is 2.96. The number of rotatable bonds is 7. The van der Waals surface area contributed by atoms with E-state index in [4.69, 9.17) is 4.74 Å². The second-order valence-corrected chi connectivity index (χ2v) is 4.30. The zero-order chi connectivity index (χ0) is 14.4. The molecule has 0 spiro atoms. The third kappa shape index (κ3) is 4.18. The van der Waals surface area contributed by atoms with Crippen molar-refractivity contribution in [3.8, 4) is 0 Å². The van der Waals surface area contributed by atoms with Crippen LogP contribution in [0.1, 0.15) is 25.5 Å². The Morgan fingerprint density at radius 3 is 2.74 bits per heavy atom. The fourth-order valence-electron chi connectivity index (χ4n) is 1.74. The Bertz CT molecular complexity index is 435. The van der Waals surface area contributed by atoms with Crippen LogP contribution in [0.5, 0.6) is 0 Å². The van der Waals surface area contributed by atoms with Crippen LogP contribution >= 0.6 is 0 Å². The Hall–Kier alpha value is -1.66. The van der Waals surface area contributed by atoms with Crippen LogP contribution in [0.3, 0.4) is 0 Å². The number of aliphatic hydroxyl groups excluding tert-OH is 1. The Labute approximate surface area is 112 Å². The molecule has 1 unspecified atom stereocenters. The molecule has 1 atom stereocenters. The Kier molecular flexibility index (Phi) is 5.72. The molecular weight excluding hydrogens is 248 g/mol. The number of benzene rings is 1. The molecule has 1 aromatic carbocycles. The number of aliphatic hydroxyl groups is 1. The lowest BCUT2D eigenvalue weighted by Gasteiger charge is -2.19. The molecule has 0 radical (unpaired) electrons. The van der Waals surface area contributed by atoms with Crippen LogP contribution < -0.4 is 4.90 Å². The number of nitro groups is 1. The molecule has 6 heteroatoms. The first-order chi connectivity index (χ1) is 8.97. The van der Waals surface area contributed by atoms with E-state index in [1.165, 1.54) is 6.07 Å². The van der Waals surface area contributed by atoms with Crippen molar-refractivity contribution in [2.75, 3.05) is 31.7 Å². The second-order valence-electron chi connectivity index (χ2n) is 4.30. The summed E-state index contributed by atoms with van der Waals surface area (Å²) in [7, 11) is 1.78. The summed E-state index contributed by atoms with van der Waals surface area (Å²) in [5, 5.41) is 20.6. The van der Waals surface area contributed by atoms with Crippen molar-refractivity contribution < 1.29 is 14.8 Å².